The highest BCUT2D eigenvalue weighted by Crippen LogP contribution is 2.34. The number of nitrogens with one attached hydrogen (secondary N) is 1. The van der Waals surface area contributed by atoms with E-state index in [-0.39, 0.29) is 12.3 Å². The number of hydrogen-bond acceptors (Lipinski definition) is 7. The van der Waals surface area contributed by atoms with Crippen LogP contribution in [-0.4, -0.2) is 31.7 Å². The van der Waals surface area contributed by atoms with E-state index in [2.05, 4.69) is 32.7 Å². The quantitative estimate of drug-likeness (QED) is 0.363. The van der Waals surface area contributed by atoms with E-state index >= 15 is 0 Å². The number of anilines is 2. The van der Waals surface area contributed by atoms with Crippen LogP contribution < -0.4 is 19.7 Å². The summed E-state index contributed by atoms with van der Waals surface area (Å²) in [6, 6.07) is 15.9. The smallest absolute Gasteiger partial charge is 0.230 e. The lowest BCUT2D eigenvalue weighted by atomic mass is 10.1. The third kappa shape index (κ3) is 4.64. The van der Waals surface area contributed by atoms with Crippen molar-refractivity contribution in [2.45, 2.75) is 19.4 Å². The summed E-state index contributed by atoms with van der Waals surface area (Å²) in [5.41, 5.74) is 4.93. The second kappa shape index (κ2) is 9.87. The van der Waals surface area contributed by atoms with Crippen molar-refractivity contribution < 1.29 is 14.3 Å². The zero-order chi connectivity index (χ0) is 23.5. The number of amides is 1. The number of methoxy groups -OCH3 is 2. The highest BCUT2D eigenvalue weighted by molar-refractivity contribution is 7.13. The SMILES string of the molecule is COc1ccc(-c2nc(CC(=O)Nc3ccccc3N3CCc4sccc4C3)cs2)cc1OC. The van der Waals surface area contributed by atoms with Crippen LogP contribution in [0, 0.1) is 0 Å². The molecule has 0 spiro atoms. The van der Waals surface area contributed by atoms with Gasteiger partial charge in [0, 0.05) is 28.9 Å². The molecule has 1 aliphatic rings. The molecule has 5 rings (SSSR count). The van der Waals surface area contributed by atoms with Crippen LogP contribution in [0.25, 0.3) is 10.6 Å². The van der Waals surface area contributed by atoms with Gasteiger partial charge in [0.2, 0.25) is 5.91 Å². The Morgan fingerprint density at radius 1 is 1.09 bits per heavy atom. The molecule has 4 aromatic rings. The van der Waals surface area contributed by atoms with E-state index in [1.165, 1.54) is 21.8 Å². The first-order valence-electron chi connectivity index (χ1n) is 11.0. The van der Waals surface area contributed by atoms with E-state index in [1.54, 1.807) is 14.2 Å². The maximum atomic E-state index is 12.9. The van der Waals surface area contributed by atoms with Gasteiger partial charge in [-0.05, 0) is 53.8 Å². The minimum atomic E-state index is -0.0788. The highest BCUT2D eigenvalue weighted by atomic mass is 32.1. The fraction of sp³-hybridized carbons (Fsp3) is 0.231. The van der Waals surface area contributed by atoms with Gasteiger partial charge in [0.1, 0.15) is 5.01 Å². The zero-order valence-corrected chi connectivity index (χ0v) is 20.7. The molecule has 6 nitrogen and oxygen atoms in total. The van der Waals surface area contributed by atoms with Crippen LogP contribution in [0.4, 0.5) is 11.4 Å². The molecule has 2 aromatic heterocycles. The number of para-hydroxylation sites is 2. The van der Waals surface area contributed by atoms with Gasteiger partial charge in [0.15, 0.2) is 11.5 Å². The zero-order valence-electron chi connectivity index (χ0n) is 19.0. The average molecular weight is 492 g/mol. The van der Waals surface area contributed by atoms with Gasteiger partial charge in [-0.15, -0.1) is 22.7 Å². The lowest BCUT2D eigenvalue weighted by Crippen LogP contribution is -2.30. The monoisotopic (exact) mass is 491 g/mol. The lowest BCUT2D eigenvalue weighted by Gasteiger charge is -2.30. The standard InChI is InChI=1S/C26H25N3O3S2/c1-31-22-8-7-17(13-23(22)32-2)26-27-19(16-34-26)14-25(30)28-20-5-3-4-6-21(20)29-11-9-24-18(15-29)10-12-33-24/h3-8,10,12-13,16H,9,11,14-15H2,1-2H3,(H,28,30). The molecule has 0 aliphatic carbocycles. The van der Waals surface area contributed by atoms with Crippen LogP contribution in [0.15, 0.2) is 59.3 Å². The van der Waals surface area contributed by atoms with Crippen molar-refractivity contribution >= 4 is 40.0 Å². The molecule has 2 aromatic carbocycles. The molecule has 8 heteroatoms. The van der Waals surface area contributed by atoms with Crippen LogP contribution in [-0.2, 0) is 24.2 Å². The normalized spacial score (nSPS) is 12.8. The lowest BCUT2D eigenvalue weighted by molar-refractivity contribution is -0.115. The van der Waals surface area contributed by atoms with Gasteiger partial charge in [-0.3, -0.25) is 4.79 Å². The molecule has 0 bridgehead atoms. The molecule has 0 radical (unpaired) electrons. The first-order valence-corrected chi connectivity index (χ1v) is 12.8. The molecule has 1 aliphatic heterocycles. The minimum Gasteiger partial charge on any atom is -0.493 e. The fourth-order valence-electron chi connectivity index (χ4n) is 4.16. The largest absolute Gasteiger partial charge is 0.493 e. The number of benzene rings is 2. The molecular weight excluding hydrogens is 466 g/mol. The number of fused-ring (bicyclic) bond motifs is 1. The number of thiophene rings is 1. The Labute approximate surface area is 206 Å². The van der Waals surface area contributed by atoms with E-state index in [1.807, 2.05) is 53.1 Å². The van der Waals surface area contributed by atoms with Gasteiger partial charge < -0.3 is 19.7 Å². The number of carbonyl (C=O) groups excluding carboxylic acids is 1. The summed E-state index contributed by atoms with van der Waals surface area (Å²) in [6.07, 6.45) is 1.25. The predicted octanol–water partition coefficient (Wildman–Crippen LogP) is 5.63. The number of carbonyl (C=O) groups is 1. The Morgan fingerprint density at radius 2 is 1.94 bits per heavy atom. The number of aromatic nitrogens is 1. The fourth-order valence-corrected chi connectivity index (χ4v) is 5.86. The third-order valence-electron chi connectivity index (χ3n) is 5.85. The summed E-state index contributed by atoms with van der Waals surface area (Å²) in [5.74, 6) is 1.24. The van der Waals surface area contributed by atoms with Gasteiger partial charge in [-0.25, -0.2) is 4.98 Å². The molecule has 0 saturated heterocycles. The molecule has 3 heterocycles. The van der Waals surface area contributed by atoms with Gasteiger partial charge in [0.25, 0.3) is 0 Å². The van der Waals surface area contributed by atoms with Crippen molar-refractivity contribution in [3.05, 3.63) is 75.4 Å². The van der Waals surface area contributed by atoms with Gasteiger partial charge in [-0.2, -0.15) is 0 Å². The molecule has 174 valence electrons. The van der Waals surface area contributed by atoms with Gasteiger partial charge >= 0.3 is 0 Å². The topological polar surface area (TPSA) is 63.7 Å². The molecule has 1 amide bonds. The number of thiazole rings is 1. The molecule has 0 unspecified atom stereocenters. The molecule has 0 saturated carbocycles. The molecule has 34 heavy (non-hydrogen) atoms. The van der Waals surface area contributed by atoms with Crippen LogP contribution in [0.2, 0.25) is 0 Å². The molecule has 0 atom stereocenters. The van der Waals surface area contributed by atoms with Crippen LogP contribution >= 0.6 is 22.7 Å². The van der Waals surface area contributed by atoms with Crippen LogP contribution in [0.1, 0.15) is 16.1 Å². The highest BCUT2D eigenvalue weighted by Gasteiger charge is 2.20. The Hall–Kier alpha value is -3.36. The summed E-state index contributed by atoms with van der Waals surface area (Å²) in [6.45, 7) is 1.81. The second-order valence-corrected chi connectivity index (χ2v) is 9.86. The number of rotatable bonds is 7. The van der Waals surface area contributed by atoms with Crippen LogP contribution in [0.3, 0.4) is 0 Å². The number of hydrogen-bond donors (Lipinski definition) is 1. The Kier molecular flexibility index (Phi) is 6.51. The number of ether oxygens (including phenoxy) is 2. The van der Waals surface area contributed by atoms with Crippen molar-refractivity contribution in [3.8, 4) is 22.1 Å². The summed E-state index contributed by atoms with van der Waals surface area (Å²) in [4.78, 5) is 21.4. The van der Waals surface area contributed by atoms with E-state index in [9.17, 15) is 4.79 Å². The first-order chi connectivity index (χ1) is 16.6. The third-order valence-corrected chi connectivity index (χ3v) is 7.81. The van der Waals surface area contributed by atoms with E-state index in [4.69, 9.17) is 9.47 Å². The van der Waals surface area contributed by atoms with E-state index in [0.717, 1.165) is 47.2 Å². The van der Waals surface area contributed by atoms with Crippen LogP contribution in [0.5, 0.6) is 11.5 Å². The maximum absolute atomic E-state index is 12.9. The van der Waals surface area contributed by atoms with Crippen molar-refractivity contribution in [1.29, 1.82) is 0 Å². The van der Waals surface area contributed by atoms with Gasteiger partial charge in [-0.1, -0.05) is 12.1 Å². The Morgan fingerprint density at radius 3 is 2.79 bits per heavy atom. The second-order valence-electron chi connectivity index (χ2n) is 8.00. The average Bonchev–Trinajstić information content (AvgIpc) is 3.53. The van der Waals surface area contributed by atoms with Crippen molar-refractivity contribution in [2.75, 3.05) is 31.0 Å². The minimum absolute atomic E-state index is 0.0788. The molecule has 1 N–H and O–H groups in total. The molecular formula is C26H25N3O3S2. The first kappa shape index (κ1) is 22.4. The predicted molar refractivity (Wildman–Crippen MR) is 139 cm³/mol. The van der Waals surface area contributed by atoms with E-state index in [0.29, 0.717) is 11.5 Å². The van der Waals surface area contributed by atoms with Crippen molar-refractivity contribution in [1.82, 2.24) is 4.98 Å². The van der Waals surface area contributed by atoms with Crippen molar-refractivity contribution in [2.24, 2.45) is 0 Å². The Bertz CT molecular complexity index is 1310. The maximum Gasteiger partial charge on any atom is 0.230 e. The summed E-state index contributed by atoms with van der Waals surface area (Å²) >= 11 is 3.34. The Balaban J connectivity index is 1.28. The summed E-state index contributed by atoms with van der Waals surface area (Å²) in [7, 11) is 3.22. The number of nitrogens with zero attached hydrogens (tertiary/aromatic N) is 2. The van der Waals surface area contributed by atoms with Crippen molar-refractivity contribution in [3.63, 3.8) is 0 Å². The van der Waals surface area contributed by atoms with Gasteiger partial charge in [0.05, 0.1) is 37.7 Å². The summed E-state index contributed by atoms with van der Waals surface area (Å²) < 4.78 is 10.7. The molecule has 0 fully saturated rings. The van der Waals surface area contributed by atoms with E-state index < -0.39 is 0 Å². The summed E-state index contributed by atoms with van der Waals surface area (Å²) in [5, 5.41) is 8.03.